The van der Waals surface area contributed by atoms with Crippen LogP contribution >= 0.6 is 0 Å². The molecule has 3 aromatic rings. The minimum atomic E-state index is -4.80. The lowest BCUT2D eigenvalue weighted by atomic mass is 9.96. The average molecular weight is 514 g/mol. The molecule has 1 unspecified atom stereocenters. The highest BCUT2D eigenvalue weighted by molar-refractivity contribution is 5.95. The number of pyridine rings is 1. The van der Waals surface area contributed by atoms with E-state index in [0.29, 0.717) is 27.9 Å². The fourth-order valence-corrected chi connectivity index (χ4v) is 5.35. The van der Waals surface area contributed by atoms with E-state index in [1.54, 1.807) is 6.20 Å². The predicted molar refractivity (Wildman–Crippen MR) is 136 cm³/mol. The predicted octanol–water partition coefficient (Wildman–Crippen LogP) is 8.46. The van der Waals surface area contributed by atoms with E-state index in [1.807, 2.05) is 22.8 Å². The molecule has 1 aliphatic rings. The van der Waals surface area contributed by atoms with Gasteiger partial charge in [-0.15, -0.1) is 19.8 Å². The summed E-state index contributed by atoms with van der Waals surface area (Å²) in [6.45, 7) is 3.37. The Morgan fingerprint density at radius 3 is 2.59 bits per heavy atom. The quantitative estimate of drug-likeness (QED) is 0.191. The lowest BCUT2D eigenvalue weighted by Crippen LogP contribution is -2.17. The van der Waals surface area contributed by atoms with Gasteiger partial charge in [-0.1, -0.05) is 25.0 Å². The van der Waals surface area contributed by atoms with Gasteiger partial charge in [0.2, 0.25) is 0 Å². The van der Waals surface area contributed by atoms with Crippen molar-refractivity contribution in [3.63, 3.8) is 0 Å². The zero-order valence-electron chi connectivity index (χ0n) is 20.7. The van der Waals surface area contributed by atoms with Gasteiger partial charge >= 0.3 is 6.36 Å². The molecule has 1 saturated carbocycles. The average Bonchev–Trinajstić information content (AvgIpc) is 3.51. The number of rotatable bonds is 11. The third kappa shape index (κ3) is 6.33. The molecule has 0 spiro atoms. The minimum Gasteiger partial charge on any atom is -0.406 e. The first-order valence-electron chi connectivity index (χ1n) is 12.8. The van der Waals surface area contributed by atoms with E-state index in [4.69, 9.17) is 0 Å². The molecule has 0 N–H and O–H groups in total. The van der Waals surface area contributed by atoms with Crippen LogP contribution in [0.25, 0.3) is 22.3 Å². The topological polar surface area (TPSA) is 50.8 Å². The third-order valence-corrected chi connectivity index (χ3v) is 7.15. The summed E-state index contributed by atoms with van der Waals surface area (Å²) in [5, 5.41) is 10.6. The first-order valence-corrected chi connectivity index (χ1v) is 12.8. The molecule has 4 rings (SSSR count). The molecular weight excluding hydrogens is 482 g/mol. The third-order valence-electron chi connectivity index (χ3n) is 7.15. The lowest BCUT2D eigenvalue weighted by molar-refractivity contribution is -0.274. The minimum absolute atomic E-state index is 0.0387. The maximum Gasteiger partial charge on any atom is 0.573 e. The number of aromatic nitrogens is 2. The van der Waals surface area contributed by atoms with Gasteiger partial charge in [0, 0.05) is 23.7 Å². The Labute approximate surface area is 214 Å². The van der Waals surface area contributed by atoms with E-state index in [-0.39, 0.29) is 24.4 Å². The van der Waals surface area contributed by atoms with Crippen LogP contribution in [0.5, 0.6) is 5.75 Å². The molecule has 8 heteroatoms. The largest absolute Gasteiger partial charge is 0.573 e. The van der Waals surface area contributed by atoms with Gasteiger partial charge in [-0.2, -0.15) is 5.26 Å². The number of alkyl halides is 4. The molecular formula is C29H31F4N3O. The molecule has 37 heavy (non-hydrogen) atoms. The van der Waals surface area contributed by atoms with Crippen LogP contribution in [-0.2, 0) is 6.42 Å². The van der Waals surface area contributed by atoms with Crippen LogP contribution in [0.15, 0.2) is 49.2 Å². The number of nitriles is 1. The van der Waals surface area contributed by atoms with E-state index in [1.165, 1.54) is 18.2 Å². The molecule has 0 bridgehead atoms. The van der Waals surface area contributed by atoms with E-state index in [9.17, 15) is 22.8 Å². The van der Waals surface area contributed by atoms with E-state index in [2.05, 4.69) is 22.4 Å². The monoisotopic (exact) mass is 513 g/mol. The highest BCUT2D eigenvalue weighted by Crippen LogP contribution is 2.42. The SMILES string of the molecule is C=CCCC(CF)CCCc1ccc(-c2c(C#N)c3ccc(OC(F)(F)F)cc3n2C2CCCC2)nc1. The smallest absolute Gasteiger partial charge is 0.406 e. The number of allylic oxidation sites excluding steroid dienone is 1. The van der Waals surface area contributed by atoms with Crippen LogP contribution < -0.4 is 4.74 Å². The fourth-order valence-electron chi connectivity index (χ4n) is 5.35. The molecule has 2 heterocycles. The molecule has 196 valence electrons. The maximum absolute atomic E-state index is 13.2. The van der Waals surface area contributed by atoms with Gasteiger partial charge in [-0.3, -0.25) is 9.37 Å². The molecule has 1 aromatic carbocycles. The zero-order chi connectivity index (χ0) is 26.4. The van der Waals surface area contributed by atoms with Crippen LogP contribution in [0.4, 0.5) is 17.6 Å². The van der Waals surface area contributed by atoms with Gasteiger partial charge in [0.05, 0.1) is 29.1 Å². The van der Waals surface area contributed by atoms with Gasteiger partial charge in [-0.25, -0.2) is 0 Å². The summed E-state index contributed by atoms with van der Waals surface area (Å²) in [4.78, 5) is 4.66. The first kappa shape index (κ1) is 26.7. The van der Waals surface area contributed by atoms with Crippen LogP contribution in [0.1, 0.15) is 68.5 Å². The molecule has 1 aliphatic carbocycles. The molecule has 1 atom stereocenters. The summed E-state index contributed by atoms with van der Waals surface area (Å²) in [5.41, 5.74) is 3.20. The van der Waals surface area contributed by atoms with Crippen molar-refractivity contribution in [2.24, 2.45) is 5.92 Å². The molecule has 1 fully saturated rings. The van der Waals surface area contributed by atoms with Crippen molar-refractivity contribution in [2.45, 2.75) is 70.2 Å². The normalized spacial score (nSPS) is 15.1. The zero-order valence-corrected chi connectivity index (χ0v) is 20.7. The highest BCUT2D eigenvalue weighted by atomic mass is 19.4. The Morgan fingerprint density at radius 1 is 1.19 bits per heavy atom. The summed E-state index contributed by atoms with van der Waals surface area (Å²) in [6.07, 6.45) is 6.61. The highest BCUT2D eigenvalue weighted by Gasteiger charge is 2.32. The van der Waals surface area contributed by atoms with Crippen molar-refractivity contribution >= 4 is 10.9 Å². The van der Waals surface area contributed by atoms with E-state index in [0.717, 1.165) is 63.4 Å². The Bertz CT molecular complexity index is 1250. The number of benzene rings is 1. The van der Waals surface area contributed by atoms with Crippen molar-refractivity contribution in [3.8, 4) is 23.2 Å². The summed E-state index contributed by atoms with van der Waals surface area (Å²) >= 11 is 0. The Kier molecular flexibility index (Phi) is 8.52. The standard InChI is InChI=1S/C29H31F4N3O/c1-2-3-7-20(17-30)8-6-9-21-12-15-26(35-19-21)28-25(18-34)24-14-13-23(37-29(31,32)33)16-27(24)36(28)22-10-4-5-11-22/h2,12-16,19-20,22H,1,3-11,17H2. The number of nitrogens with zero attached hydrogens (tertiary/aromatic N) is 3. The number of halogens is 4. The van der Waals surface area contributed by atoms with Gasteiger partial charge in [0.15, 0.2) is 0 Å². The van der Waals surface area contributed by atoms with Crippen LogP contribution in [0, 0.1) is 17.2 Å². The van der Waals surface area contributed by atoms with Gasteiger partial charge < -0.3 is 9.30 Å². The number of hydrogen-bond acceptors (Lipinski definition) is 3. The number of fused-ring (bicyclic) bond motifs is 1. The summed E-state index contributed by atoms with van der Waals surface area (Å²) < 4.78 is 58.1. The summed E-state index contributed by atoms with van der Waals surface area (Å²) in [6, 6.07) is 10.3. The second-order valence-corrected chi connectivity index (χ2v) is 9.70. The van der Waals surface area contributed by atoms with E-state index >= 15 is 0 Å². The Hall–Kier alpha value is -3.34. The van der Waals surface area contributed by atoms with Crippen molar-refractivity contribution < 1.29 is 22.3 Å². The van der Waals surface area contributed by atoms with Crippen molar-refractivity contribution in [2.75, 3.05) is 6.67 Å². The fraction of sp³-hybridized carbons (Fsp3) is 0.448. The van der Waals surface area contributed by atoms with Crippen LogP contribution in [-0.4, -0.2) is 22.6 Å². The second-order valence-electron chi connectivity index (χ2n) is 9.70. The number of hydrogen-bond donors (Lipinski definition) is 0. The van der Waals surface area contributed by atoms with Crippen molar-refractivity contribution in [1.29, 1.82) is 5.26 Å². The second kappa shape index (κ2) is 11.8. The molecule has 2 aromatic heterocycles. The van der Waals surface area contributed by atoms with Gasteiger partial charge in [0.25, 0.3) is 0 Å². The first-order chi connectivity index (χ1) is 17.8. The molecule has 4 nitrogen and oxygen atoms in total. The van der Waals surface area contributed by atoms with Crippen LogP contribution in [0.2, 0.25) is 0 Å². The Balaban J connectivity index is 1.65. The van der Waals surface area contributed by atoms with E-state index < -0.39 is 6.36 Å². The summed E-state index contributed by atoms with van der Waals surface area (Å²) in [7, 11) is 0. The maximum atomic E-state index is 13.2. The Morgan fingerprint density at radius 2 is 1.97 bits per heavy atom. The van der Waals surface area contributed by atoms with Crippen molar-refractivity contribution in [1.82, 2.24) is 9.55 Å². The lowest BCUT2D eigenvalue weighted by Gasteiger charge is -2.18. The van der Waals surface area contributed by atoms with Crippen molar-refractivity contribution in [3.05, 3.63) is 60.3 Å². The molecule has 0 radical (unpaired) electrons. The van der Waals surface area contributed by atoms with Crippen LogP contribution in [0.3, 0.4) is 0 Å². The molecule has 0 saturated heterocycles. The number of aryl methyl sites for hydroxylation is 1. The molecule has 0 aliphatic heterocycles. The molecule has 0 amide bonds. The van der Waals surface area contributed by atoms with Gasteiger partial charge in [0.1, 0.15) is 11.8 Å². The number of ether oxygens (including phenoxy) is 1. The summed E-state index contributed by atoms with van der Waals surface area (Å²) in [5.74, 6) is -0.271. The van der Waals surface area contributed by atoms with Gasteiger partial charge in [-0.05, 0) is 74.6 Å².